The monoisotopic (exact) mass is 521 g/mol. The van der Waals surface area contributed by atoms with Gasteiger partial charge in [-0.1, -0.05) is 35.8 Å². The number of hydrogen-bond donors (Lipinski definition) is 1. The first-order chi connectivity index (χ1) is 15.7. The molecule has 0 atom stereocenters. The van der Waals surface area contributed by atoms with Gasteiger partial charge in [0.15, 0.2) is 0 Å². The van der Waals surface area contributed by atoms with Crippen molar-refractivity contribution in [3.05, 3.63) is 68.8 Å². The van der Waals surface area contributed by atoms with Crippen LogP contribution in [0.2, 0.25) is 10.0 Å². The summed E-state index contributed by atoms with van der Waals surface area (Å²) < 4.78 is 61.4. The van der Waals surface area contributed by atoms with E-state index in [-0.39, 0.29) is 22.8 Å². The van der Waals surface area contributed by atoms with E-state index in [1.165, 1.54) is 23.5 Å². The van der Waals surface area contributed by atoms with Crippen molar-refractivity contribution in [3.63, 3.8) is 0 Å². The first kappa shape index (κ1) is 24.9. The van der Waals surface area contributed by atoms with E-state index in [2.05, 4.69) is 26.5 Å². The summed E-state index contributed by atoms with van der Waals surface area (Å²) in [5.41, 5.74) is 4.63. The molecule has 0 fully saturated rings. The number of alkyl halides is 4. The molecule has 1 aromatic heterocycles. The summed E-state index contributed by atoms with van der Waals surface area (Å²) in [7, 11) is 0. The second-order valence-corrected chi connectivity index (χ2v) is 8.00. The fourth-order valence-electron chi connectivity index (χ4n) is 2.84. The molecule has 3 rings (SSSR count). The lowest BCUT2D eigenvalue weighted by Crippen LogP contribution is -2.25. The molecule has 0 amide bonds. The van der Waals surface area contributed by atoms with E-state index in [9.17, 15) is 17.6 Å². The lowest BCUT2D eigenvalue weighted by Gasteiger charge is -2.18. The number of ether oxygens (including phenoxy) is 2. The van der Waals surface area contributed by atoms with Crippen LogP contribution < -0.4 is 19.7 Å². The molecule has 0 aliphatic rings. The van der Waals surface area contributed by atoms with E-state index in [1.807, 2.05) is 12.3 Å². The number of halogens is 6. The summed E-state index contributed by atoms with van der Waals surface area (Å²) in [6.07, 6.45) is 0. The van der Waals surface area contributed by atoms with Gasteiger partial charge in [-0.05, 0) is 31.2 Å². The van der Waals surface area contributed by atoms with E-state index < -0.39 is 13.2 Å². The molecule has 0 aliphatic carbocycles. The van der Waals surface area contributed by atoms with Gasteiger partial charge in [-0.2, -0.15) is 17.6 Å². The summed E-state index contributed by atoms with van der Waals surface area (Å²) in [6.45, 7) is -0.0784. The Morgan fingerprint density at radius 2 is 1.82 bits per heavy atom. The topological polar surface area (TPSA) is 47.8 Å². The van der Waals surface area contributed by atoms with Gasteiger partial charge in [0.2, 0.25) is 4.80 Å². The fourth-order valence-corrected chi connectivity index (χ4v) is 4.05. The van der Waals surface area contributed by atoms with Crippen LogP contribution in [0.25, 0.3) is 17.0 Å². The molecular weight excluding hydrogens is 505 g/mol. The molecule has 2 aromatic carbocycles. The Labute approximate surface area is 200 Å². The van der Waals surface area contributed by atoms with Crippen molar-refractivity contribution in [3.8, 4) is 22.8 Å². The highest BCUT2D eigenvalue weighted by Gasteiger charge is 2.17. The average molecular weight is 522 g/mol. The maximum Gasteiger partial charge on any atom is 0.387 e. The SMILES string of the molecule is C=C(Nn1c(-c2ccc(Cl)c(Cl)c2)csc1=NCC)c1ccc(OC(F)F)cc1OC(F)F. The molecule has 0 saturated heterocycles. The first-order valence-corrected chi connectivity index (χ1v) is 11.0. The predicted octanol–water partition coefficient (Wildman–Crippen LogP) is 6.86. The standard InChI is InChI=1S/C21H17Cl2F4N3O2S/c1-3-28-21-30(17(10-33-21)12-4-7-15(22)16(23)8-12)29-11(2)14-6-5-13(31-19(24)25)9-18(14)32-20(26)27/h4-10,19-20,29H,2-3H2,1H3. The Kier molecular flexibility index (Phi) is 8.28. The quantitative estimate of drug-likeness (QED) is 0.313. The van der Waals surface area contributed by atoms with Gasteiger partial charge in [0, 0.05) is 29.1 Å². The van der Waals surface area contributed by atoms with Crippen LogP contribution in [0.4, 0.5) is 17.6 Å². The molecule has 3 aromatic rings. The second-order valence-electron chi connectivity index (χ2n) is 6.35. The Bertz CT molecular complexity index is 1210. The zero-order valence-corrected chi connectivity index (χ0v) is 19.3. The van der Waals surface area contributed by atoms with Gasteiger partial charge < -0.3 is 9.47 Å². The lowest BCUT2D eigenvalue weighted by molar-refractivity contribution is -0.0543. The highest BCUT2D eigenvalue weighted by Crippen LogP contribution is 2.32. The normalized spacial score (nSPS) is 11.8. The van der Waals surface area contributed by atoms with Crippen molar-refractivity contribution in [2.75, 3.05) is 12.0 Å². The van der Waals surface area contributed by atoms with Crippen molar-refractivity contribution in [2.45, 2.75) is 20.1 Å². The Morgan fingerprint density at radius 1 is 1.09 bits per heavy atom. The van der Waals surface area contributed by atoms with E-state index >= 15 is 0 Å². The molecule has 1 N–H and O–H groups in total. The van der Waals surface area contributed by atoms with Crippen LogP contribution >= 0.6 is 34.5 Å². The lowest BCUT2D eigenvalue weighted by atomic mass is 10.1. The van der Waals surface area contributed by atoms with E-state index in [0.29, 0.717) is 32.6 Å². The molecule has 0 radical (unpaired) electrons. The van der Waals surface area contributed by atoms with E-state index in [4.69, 9.17) is 23.2 Å². The fraction of sp³-hybridized carbons (Fsp3) is 0.190. The number of thiazole rings is 1. The van der Waals surface area contributed by atoms with E-state index in [1.54, 1.807) is 22.9 Å². The zero-order valence-electron chi connectivity index (χ0n) is 17.0. The minimum Gasteiger partial charge on any atom is -0.435 e. The third-order valence-corrected chi connectivity index (χ3v) is 5.79. The van der Waals surface area contributed by atoms with Gasteiger partial charge in [0.05, 0.1) is 21.4 Å². The predicted molar refractivity (Wildman–Crippen MR) is 122 cm³/mol. The number of benzene rings is 2. The number of nitrogens with one attached hydrogen (secondary N) is 1. The van der Waals surface area contributed by atoms with Gasteiger partial charge >= 0.3 is 13.2 Å². The summed E-state index contributed by atoms with van der Waals surface area (Å²) in [5, 5.41) is 2.56. The van der Waals surface area contributed by atoms with Gasteiger partial charge in [-0.15, -0.1) is 11.3 Å². The third kappa shape index (κ3) is 6.21. The van der Waals surface area contributed by atoms with Crippen LogP contribution in [-0.4, -0.2) is 24.4 Å². The number of rotatable bonds is 9. The Hall–Kier alpha value is -2.69. The third-order valence-electron chi connectivity index (χ3n) is 4.18. The van der Waals surface area contributed by atoms with Crippen molar-refractivity contribution < 1.29 is 27.0 Å². The van der Waals surface area contributed by atoms with Gasteiger partial charge in [0.25, 0.3) is 0 Å². The molecule has 176 valence electrons. The van der Waals surface area contributed by atoms with Crippen LogP contribution in [0.1, 0.15) is 12.5 Å². The van der Waals surface area contributed by atoms with Crippen LogP contribution in [0.15, 0.2) is 53.3 Å². The summed E-state index contributed by atoms with van der Waals surface area (Å²) in [5.74, 6) is -0.722. The van der Waals surface area contributed by atoms with Gasteiger partial charge in [-0.3, -0.25) is 10.4 Å². The van der Waals surface area contributed by atoms with Crippen molar-refractivity contribution in [1.29, 1.82) is 0 Å². The summed E-state index contributed by atoms with van der Waals surface area (Å²) in [4.78, 5) is 4.98. The smallest absolute Gasteiger partial charge is 0.387 e. The highest BCUT2D eigenvalue weighted by molar-refractivity contribution is 7.07. The number of hydrogen-bond acceptors (Lipinski definition) is 5. The second kappa shape index (κ2) is 11.0. The van der Waals surface area contributed by atoms with Crippen molar-refractivity contribution >= 4 is 40.2 Å². The molecule has 0 aliphatic heterocycles. The highest BCUT2D eigenvalue weighted by atomic mass is 35.5. The molecule has 0 spiro atoms. The summed E-state index contributed by atoms with van der Waals surface area (Å²) in [6, 6.07) is 8.49. The largest absolute Gasteiger partial charge is 0.435 e. The van der Waals surface area contributed by atoms with Gasteiger partial charge in [-0.25, -0.2) is 4.68 Å². The Balaban J connectivity index is 2.02. The minimum atomic E-state index is -3.19. The Morgan fingerprint density at radius 3 is 2.45 bits per heavy atom. The molecule has 33 heavy (non-hydrogen) atoms. The molecule has 0 unspecified atom stereocenters. The number of aromatic nitrogens is 1. The molecule has 0 bridgehead atoms. The van der Waals surface area contributed by atoms with Crippen LogP contribution in [0.3, 0.4) is 0 Å². The van der Waals surface area contributed by atoms with Crippen molar-refractivity contribution in [1.82, 2.24) is 4.68 Å². The molecule has 12 heteroatoms. The average Bonchev–Trinajstić information content (AvgIpc) is 3.12. The van der Waals surface area contributed by atoms with Gasteiger partial charge in [0.1, 0.15) is 11.5 Å². The minimum absolute atomic E-state index is 0.109. The molecular formula is C21H17Cl2F4N3O2S. The van der Waals surface area contributed by atoms with Crippen LogP contribution in [0, 0.1) is 0 Å². The maximum atomic E-state index is 13.0. The van der Waals surface area contributed by atoms with Crippen LogP contribution in [0.5, 0.6) is 11.5 Å². The van der Waals surface area contributed by atoms with E-state index in [0.717, 1.165) is 6.07 Å². The first-order valence-electron chi connectivity index (χ1n) is 9.36. The molecule has 0 saturated carbocycles. The summed E-state index contributed by atoms with van der Waals surface area (Å²) >= 11 is 13.5. The zero-order chi connectivity index (χ0) is 24.1. The molecule has 5 nitrogen and oxygen atoms in total. The number of nitrogens with zero attached hydrogens (tertiary/aromatic N) is 2. The molecule has 1 heterocycles. The van der Waals surface area contributed by atoms with Crippen LogP contribution in [-0.2, 0) is 0 Å². The maximum absolute atomic E-state index is 13.0. The van der Waals surface area contributed by atoms with Crippen molar-refractivity contribution in [2.24, 2.45) is 4.99 Å².